The average Bonchev–Trinajstić information content (AvgIpc) is 2.29. The predicted octanol–water partition coefficient (Wildman–Crippen LogP) is 2.51. The fourth-order valence-electron chi connectivity index (χ4n) is 1.83. The number of unbranched alkanes of at least 4 members (excludes halogenated alkanes) is 1. The Kier molecular flexibility index (Phi) is 4.70. The van der Waals surface area contributed by atoms with Crippen LogP contribution in [0.4, 0.5) is 0 Å². The maximum Gasteiger partial charge on any atom is 0.324 e. The molecule has 3 heteroatoms. The first-order valence-electron chi connectivity index (χ1n) is 6.06. The summed E-state index contributed by atoms with van der Waals surface area (Å²) in [6, 6.07) is 7.87. The quantitative estimate of drug-likeness (QED) is 0.796. The van der Waals surface area contributed by atoms with Crippen molar-refractivity contribution < 1.29 is 9.90 Å². The summed E-state index contributed by atoms with van der Waals surface area (Å²) in [4.78, 5) is 11.3. The second-order valence-electron chi connectivity index (χ2n) is 4.73. The van der Waals surface area contributed by atoms with Gasteiger partial charge in [0, 0.05) is 6.42 Å². The zero-order valence-electron chi connectivity index (χ0n) is 10.6. The number of nitrogens with two attached hydrogens (primary N) is 1. The summed E-state index contributed by atoms with van der Waals surface area (Å²) in [6.07, 6.45) is 2.71. The first kappa shape index (κ1) is 13.7. The van der Waals surface area contributed by atoms with Crippen LogP contribution in [0, 0.1) is 6.92 Å². The minimum atomic E-state index is -1.13. The number of carboxylic acids is 1. The van der Waals surface area contributed by atoms with E-state index in [-0.39, 0.29) is 0 Å². The molecule has 0 aliphatic rings. The highest BCUT2D eigenvalue weighted by atomic mass is 16.4. The van der Waals surface area contributed by atoms with E-state index in [2.05, 4.69) is 0 Å². The lowest BCUT2D eigenvalue weighted by Gasteiger charge is -2.24. The number of carbonyl (C=O) groups is 1. The number of carboxylic acid groups (broad SMARTS) is 1. The lowest BCUT2D eigenvalue weighted by Crippen LogP contribution is -2.49. The van der Waals surface area contributed by atoms with Crippen LogP contribution in [0.1, 0.15) is 37.3 Å². The van der Waals surface area contributed by atoms with Crippen LogP contribution in [-0.2, 0) is 11.2 Å². The van der Waals surface area contributed by atoms with Crippen molar-refractivity contribution >= 4 is 5.97 Å². The molecule has 0 saturated carbocycles. The normalized spacial score (nSPS) is 14.3. The highest BCUT2D eigenvalue weighted by Crippen LogP contribution is 2.18. The highest BCUT2D eigenvalue weighted by Gasteiger charge is 2.33. The van der Waals surface area contributed by atoms with E-state index in [0.717, 1.165) is 18.4 Å². The van der Waals surface area contributed by atoms with E-state index in [9.17, 15) is 9.90 Å². The fraction of sp³-hybridized carbons (Fsp3) is 0.500. The molecule has 1 aromatic carbocycles. The Hall–Kier alpha value is -1.35. The molecule has 0 aromatic heterocycles. The summed E-state index contributed by atoms with van der Waals surface area (Å²) in [7, 11) is 0. The molecule has 1 aromatic rings. The number of aryl methyl sites for hydroxylation is 1. The Balaban J connectivity index is 2.79. The van der Waals surface area contributed by atoms with Gasteiger partial charge in [-0.1, -0.05) is 49.6 Å². The Bertz CT molecular complexity index is 372. The van der Waals surface area contributed by atoms with Gasteiger partial charge in [-0.2, -0.15) is 0 Å². The minimum Gasteiger partial charge on any atom is -0.480 e. The molecule has 17 heavy (non-hydrogen) atoms. The van der Waals surface area contributed by atoms with Crippen molar-refractivity contribution in [3.8, 4) is 0 Å². The van der Waals surface area contributed by atoms with Gasteiger partial charge in [-0.25, -0.2) is 0 Å². The van der Waals surface area contributed by atoms with Gasteiger partial charge in [0.1, 0.15) is 5.54 Å². The van der Waals surface area contributed by atoms with Crippen LogP contribution in [0.2, 0.25) is 0 Å². The summed E-state index contributed by atoms with van der Waals surface area (Å²) < 4.78 is 0. The summed E-state index contributed by atoms with van der Waals surface area (Å²) in [5.74, 6) is -0.911. The van der Waals surface area contributed by atoms with E-state index in [1.54, 1.807) is 0 Å². The van der Waals surface area contributed by atoms with E-state index in [1.807, 2.05) is 38.1 Å². The summed E-state index contributed by atoms with van der Waals surface area (Å²) >= 11 is 0. The van der Waals surface area contributed by atoms with Crippen molar-refractivity contribution in [3.63, 3.8) is 0 Å². The highest BCUT2D eigenvalue weighted by molar-refractivity contribution is 5.78. The molecule has 0 amide bonds. The van der Waals surface area contributed by atoms with Crippen molar-refractivity contribution in [2.75, 3.05) is 0 Å². The second kappa shape index (κ2) is 5.82. The molecule has 3 N–H and O–H groups in total. The van der Waals surface area contributed by atoms with Gasteiger partial charge in [-0.15, -0.1) is 0 Å². The van der Waals surface area contributed by atoms with Gasteiger partial charge >= 0.3 is 5.97 Å². The Morgan fingerprint density at radius 2 is 1.94 bits per heavy atom. The maximum atomic E-state index is 11.3. The monoisotopic (exact) mass is 235 g/mol. The lowest BCUT2D eigenvalue weighted by molar-refractivity contribution is -0.143. The van der Waals surface area contributed by atoms with E-state index >= 15 is 0 Å². The topological polar surface area (TPSA) is 63.3 Å². The summed E-state index contributed by atoms with van der Waals surface area (Å²) in [5.41, 5.74) is 7.01. The van der Waals surface area contributed by atoms with Gasteiger partial charge in [-0.3, -0.25) is 4.79 Å². The molecule has 0 saturated heterocycles. The standard InChI is InChI=1S/C14H21NO2/c1-3-4-9-14(15,13(16)17)10-12-7-5-11(2)6-8-12/h5-8H,3-4,9-10,15H2,1-2H3,(H,16,17)/t14-/m1/s1. The molecule has 0 spiro atoms. The van der Waals surface area contributed by atoms with Gasteiger partial charge in [0.25, 0.3) is 0 Å². The smallest absolute Gasteiger partial charge is 0.324 e. The molecule has 3 nitrogen and oxygen atoms in total. The Labute approximate surface area is 103 Å². The molecule has 0 heterocycles. The van der Waals surface area contributed by atoms with Gasteiger partial charge in [0.05, 0.1) is 0 Å². The number of rotatable bonds is 6. The third kappa shape index (κ3) is 3.86. The van der Waals surface area contributed by atoms with Crippen LogP contribution in [0.25, 0.3) is 0 Å². The van der Waals surface area contributed by atoms with Crippen molar-refractivity contribution in [1.82, 2.24) is 0 Å². The zero-order chi connectivity index (χ0) is 12.9. The Morgan fingerprint density at radius 3 is 2.41 bits per heavy atom. The molecule has 0 aliphatic heterocycles. The Morgan fingerprint density at radius 1 is 1.35 bits per heavy atom. The van der Waals surface area contributed by atoms with Gasteiger partial charge in [0.2, 0.25) is 0 Å². The predicted molar refractivity (Wildman–Crippen MR) is 69.0 cm³/mol. The van der Waals surface area contributed by atoms with E-state index in [4.69, 9.17) is 5.73 Å². The van der Waals surface area contributed by atoms with Gasteiger partial charge in [0.15, 0.2) is 0 Å². The first-order valence-corrected chi connectivity index (χ1v) is 6.06. The number of benzene rings is 1. The van der Waals surface area contributed by atoms with Crippen LogP contribution in [-0.4, -0.2) is 16.6 Å². The van der Waals surface area contributed by atoms with Gasteiger partial charge < -0.3 is 10.8 Å². The molecular weight excluding hydrogens is 214 g/mol. The first-order chi connectivity index (χ1) is 7.98. The molecule has 0 fully saturated rings. The third-order valence-electron chi connectivity index (χ3n) is 3.04. The van der Waals surface area contributed by atoms with Crippen molar-refractivity contribution in [3.05, 3.63) is 35.4 Å². The molecule has 0 radical (unpaired) electrons. The fourth-order valence-corrected chi connectivity index (χ4v) is 1.83. The van der Waals surface area contributed by atoms with Crippen LogP contribution in [0.15, 0.2) is 24.3 Å². The average molecular weight is 235 g/mol. The van der Waals surface area contributed by atoms with Crippen LogP contribution in [0.5, 0.6) is 0 Å². The van der Waals surface area contributed by atoms with Crippen molar-refractivity contribution in [2.24, 2.45) is 5.73 Å². The van der Waals surface area contributed by atoms with Crippen molar-refractivity contribution in [2.45, 2.75) is 45.1 Å². The van der Waals surface area contributed by atoms with Crippen LogP contribution in [0.3, 0.4) is 0 Å². The molecule has 94 valence electrons. The molecule has 0 bridgehead atoms. The summed E-state index contributed by atoms with van der Waals surface area (Å²) in [5, 5.41) is 9.25. The SMILES string of the molecule is CCCC[C@@](N)(Cc1ccc(C)cc1)C(=O)O. The molecule has 1 atom stereocenters. The van der Waals surface area contributed by atoms with E-state index in [1.165, 1.54) is 5.56 Å². The maximum absolute atomic E-state index is 11.3. The zero-order valence-corrected chi connectivity index (χ0v) is 10.6. The van der Waals surface area contributed by atoms with Gasteiger partial charge in [-0.05, 0) is 18.9 Å². The van der Waals surface area contributed by atoms with Crippen molar-refractivity contribution in [1.29, 1.82) is 0 Å². The number of hydrogen-bond donors (Lipinski definition) is 2. The largest absolute Gasteiger partial charge is 0.480 e. The van der Waals surface area contributed by atoms with Crippen LogP contribution >= 0.6 is 0 Å². The lowest BCUT2D eigenvalue weighted by atomic mass is 9.87. The van der Waals surface area contributed by atoms with Crippen LogP contribution < -0.4 is 5.73 Å². The van der Waals surface area contributed by atoms with E-state index < -0.39 is 11.5 Å². The molecule has 0 aliphatic carbocycles. The third-order valence-corrected chi connectivity index (χ3v) is 3.04. The van der Waals surface area contributed by atoms with E-state index in [0.29, 0.717) is 12.8 Å². The number of hydrogen-bond acceptors (Lipinski definition) is 2. The molecule has 0 unspecified atom stereocenters. The number of aliphatic carboxylic acids is 1. The molecule has 1 rings (SSSR count). The minimum absolute atomic E-state index is 0.391. The molecular formula is C14H21NO2. The second-order valence-corrected chi connectivity index (χ2v) is 4.73. The summed E-state index contributed by atoms with van der Waals surface area (Å²) in [6.45, 7) is 4.04.